The van der Waals surface area contributed by atoms with Crippen LogP contribution in [0.2, 0.25) is 0 Å². The Labute approximate surface area is 87.7 Å². The van der Waals surface area contributed by atoms with Crippen molar-refractivity contribution in [2.75, 3.05) is 11.9 Å². The van der Waals surface area contributed by atoms with E-state index in [1.807, 2.05) is 0 Å². The Kier molecular flexibility index (Phi) is 2.52. The molecule has 1 heterocycles. The number of thiazole rings is 1. The second-order valence-electron chi connectivity index (χ2n) is 3.00. The van der Waals surface area contributed by atoms with Gasteiger partial charge in [0.1, 0.15) is 6.54 Å². The zero-order valence-corrected chi connectivity index (χ0v) is 8.32. The molecule has 0 radical (unpaired) electrons. The van der Waals surface area contributed by atoms with E-state index in [2.05, 4.69) is 10.3 Å². The highest BCUT2D eigenvalue weighted by atomic mass is 32.1. The number of aromatic nitrogens is 1. The molecule has 0 aliphatic heterocycles. The van der Waals surface area contributed by atoms with Gasteiger partial charge in [-0.3, -0.25) is 0 Å². The van der Waals surface area contributed by atoms with Crippen LogP contribution < -0.4 is 5.32 Å². The summed E-state index contributed by atoms with van der Waals surface area (Å²) in [5.41, 5.74) is 2.93. The highest BCUT2D eigenvalue weighted by Crippen LogP contribution is 2.23. The molecule has 0 saturated carbocycles. The monoisotopic (exact) mass is 232 g/mol. The first-order valence-corrected chi connectivity index (χ1v) is 5.06. The largest absolute Gasteiger partial charge is 0.405 e. The maximum absolute atomic E-state index is 11.9. The SMILES string of the molecule is FC(F)(F)CNc1ccc2ncsc2c1. The minimum absolute atomic E-state index is 0.462. The number of hydrogen-bond donors (Lipinski definition) is 1. The van der Waals surface area contributed by atoms with Crippen LogP contribution in [-0.2, 0) is 0 Å². The van der Waals surface area contributed by atoms with E-state index in [9.17, 15) is 13.2 Å². The van der Waals surface area contributed by atoms with Gasteiger partial charge in [-0.25, -0.2) is 4.98 Å². The summed E-state index contributed by atoms with van der Waals surface area (Å²) >= 11 is 1.40. The molecule has 0 aliphatic rings. The van der Waals surface area contributed by atoms with Crippen LogP contribution in [0.5, 0.6) is 0 Å². The van der Waals surface area contributed by atoms with Gasteiger partial charge < -0.3 is 5.32 Å². The molecular formula is C9H7F3N2S. The quantitative estimate of drug-likeness (QED) is 0.859. The fourth-order valence-electron chi connectivity index (χ4n) is 1.17. The van der Waals surface area contributed by atoms with Gasteiger partial charge in [0.2, 0.25) is 0 Å². The molecule has 6 heteroatoms. The van der Waals surface area contributed by atoms with E-state index in [4.69, 9.17) is 0 Å². The summed E-state index contributed by atoms with van der Waals surface area (Å²) in [6, 6.07) is 4.96. The van der Waals surface area contributed by atoms with E-state index < -0.39 is 12.7 Å². The normalized spacial score (nSPS) is 11.9. The van der Waals surface area contributed by atoms with E-state index in [0.717, 1.165) is 10.2 Å². The number of rotatable bonds is 2. The van der Waals surface area contributed by atoms with Crippen molar-refractivity contribution in [1.29, 1.82) is 0 Å². The molecule has 0 amide bonds. The first-order chi connectivity index (χ1) is 7.04. The molecule has 0 aliphatic carbocycles. The van der Waals surface area contributed by atoms with Gasteiger partial charge in [0.05, 0.1) is 15.7 Å². The first kappa shape index (κ1) is 10.2. The third-order valence-corrected chi connectivity index (χ3v) is 2.62. The molecular weight excluding hydrogens is 225 g/mol. The number of nitrogens with zero attached hydrogens (tertiary/aromatic N) is 1. The summed E-state index contributed by atoms with van der Waals surface area (Å²) in [7, 11) is 0. The van der Waals surface area contributed by atoms with Crippen molar-refractivity contribution in [3.05, 3.63) is 23.7 Å². The molecule has 0 bridgehead atoms. The van der Waals surface area contributed by atoms with Crippen molar-refractivity contribution in [3.8, 4) is 0 Å². The van der Waals surface area contributed by atoms with Crippen LogP contribution in [0.15, 0.2) is 23.7 Å². The lowest BCUT2D eigenvalue weighted by Gasteiger charge is -2.08. The van der Waals surface area contributed by atoms with E-state index >= 15 is 0 Å². The molecule has 0 saturated heterocycles. The molecule has 2 nitrogen and oxygen atoms in total. The molecule has 1 aromatic heterocycles. The summed E-state index contributed by atoms with van der Waals surface area (Å²) in [6.45, 7) is -1.02. The molecule has 80 valence electrons. The molecule has 2 rings (SSSR count). The lowest BCUT2D eigenvalue weighted by atomic mass is 10.3. The van der Waals surface area contributed by atoms with Crippen molar-refractivity contribution >= 4 is 27.2 Å². The third kappa shape index (κ3) is 2.59. The summed E-state index contributed by atoms with van der Waals surface area (Å²) in [5.74, 6) is 0. The average Bonchev–Trinajstić information content (AvgIpc) is 2.60. The van der Waals surface area contributed by atoms with Gasteiger partial charge in [-0.2, -0.15) is 13.2 Å². The standard InChI is InChI=1S/C9H7F3N2S/c10-9(11,12)4-13-6-1-2-7-8(3-6)15-5-14-7/h1-3,5,13H,4H2. The van der Waals surface area contributed by atoms with Gasteiger partial charge in [0, 0.05) is 5.69 Å². The Morgan fingerprint density at radius 1 is 1.33 bits per heavy atom. The molecule has 1 aromatic carbocycles. The first-order valence-electron chi connectivity index (χ1n) is 4.18. The van der Waals surface area contributed by atoms with Crippen molar-refractivity contribution in [2.24, 2.45) is 0 Å². The molecule has 0 spiro atoms. The summed E-state index contributed by atoms with van der Waals surface area (Å²) in [6.07, 6.45) is -4.19. The number of benzene rings is 1. The van der Waals surface area contributed by atoms with Gasteiger partial charge in [0.25, 0.3) is 0 Å². The fourth-order valence-corrected chi connectivity index (χ4v) is 1.88. The Morgan fingerprint density at radius 2 is 2.13 bits per heavy atom. The topological polar surface area (TPSA) is 24.9 Å². The van der Waals surface area contributed by atoms with Crippen molar-refractivity contribution in [3.63, 3.8) is 0 Å². The highest BCUT2D eigenvalue weighted by molar-refractivity contribution is 7.16. The number of halogens is 3. The highest BCUT2D eigenvalue weighted by Gasteiger charge is 2.26. The van der Waals surface area contributed by atoms with Gasteiger partial charge in [0.15, 0.2) is 0 Å². The van der Waals surface area contributed by atoms with Crippen LogP contribution in [0.3, 0.4) is 0 Å². The fraction of sp³-hybridized carbons (Fsp3) is 0.222. The zero-order chi connectivity index (χ0) is 10.9. The average molecular weight is 232 g/mol. The maximum Gasteiger partial charge on any atom is 0.405 e. The van der Waals surface area contributed by atoms with Gasteiger partial charge >= 0.3 is 6.18 Å². The van der Waals surface area contributed by atoms with E-state index in [-0.39, 0.29) is 0 Å². The van der Waals surface area contributed by atoms with E-state index in [0.29, 0.717) is 5.69 Å². The Hall–Kier alpha value is -1.30. The Morgan fingerprint density at radius 3 is 2.87 bits per heavy atom. The predicted molar refractivity (Wildman–Crippen MR) is 54.2 cm³/mol. The zero-order valence-electron chi connectivity index (χ0n) is 7.51. The van der Waals surface area contributed by atoms with Gasteiger partial charge in [-0.15, -0.1) is 11.3 Å². The van der Waals surface area contributed by atoms with Crippen LogP contribution in [0.4, 0.5) is 18.9 Å². The van der Waals surface area contributed by atoms with Crippen LogP contribution in [-0.4, -0.2) is 17.7 Å². The van der Waals surface area contributed by atoms with Crippen molar-refractivity contribution in [1.82, 2.24) is 4.98 Å². The summed E-state index contributed by atoms with van der Waals surface area (Å²) in [4.78, 5) is 4.04. The molecule has 1 N–H and O–H groups in total. The summed E-state index contributed by atoms with van der Waals surface area (Å²) < 4.78 is 36.6. The number of anilines is 1. The van der Waals surface area contributed by atoms with E-state index in [1.165, 1.54) is 11.3 Å². The minimum atomic E-state index is -4.19. The van der Waals surface area contributed by atoms with Crippen LogP contribution >= 0.6 is 11.3 Å². The number of hydrogen-bond acceptors (Lipinski definition) is 3. The van der Waals surface area contributed by atoms with Crippen LogP contribution in [0, 0.1) is 0 Å². The second kappa shape index (κ2) is 3.69. The van der Waals surface area contributed by atoms with Gasteiger partial charge in [-0.05, 0) is 18.2 Å². The lowest BCUT2D eigenvalue weighted by molar-refractivity contribution is -0.115. The minimum Gasteiger partial charge on any atom is -0.376 e. The predicted octanol–water partition coefficient (Wildman–Crippen LogP) is 3.27. The second-order valence-corrected chi connectivity index (χ2v) is 3.89. The molecule has 0 fully saturated rings. The third-order valence-electron chi connectivity index (χ3n) is 1.82. The number of alkyl halides is 3. The summed E-state index contributed by atoms with van der Waals surface area (Å²) in [5, 5.41) is 2.32. The molecule has 15 heavy (non-hydrogen) atoms. The Balaban J connectivity index is 2.15. The van der Waals surface area contributed by atoms with Crippen LogP contribution in [0.25, 0.3) is 10.2 Å². The van der Waals surface area contributed by atoms with Gasteiger partial charge in [-0.1, -0.05) is 0 Å². The van der Waals surface area contributed by atoms with E-state index in [1.54, 1.807) is 23.7 Å². The molecule has 2 aromatic rings. The number of nitrogens with one attached hydrogen (secondary N) is 1. The van der Waals surface area contributed by atoms with Crippen LogP contribution in [0.1, 0.15) is 0 Å². The number of fused-ring (bicyclic) bond motifs is 1. The molecule has 0 atom stereocenters. The Bertz CT molecular complexity index is 464. The molecule has 0 unspecified atom stereocenters. The lowest BCUT2D eigenvalue weighted by Crippen LogP contribution is -2.21. The van der Waals surface area contributed by atoms with Crippen molar-refractivity contribution < 1.29 is 13.2 Å². The maximum atomic E-state index is 11.9. The van der Waals surface area contributed by atoms with Crippen molar-refractivity contribution in [2.45, 2.75) is 6.18 Å². The smallest absolute Gasteiger partial charge is 0.376 e.